The topological polar surface area (TPSA) is 42.0 Å². The molecule has 1 heterocycles. The standard InChI is InChI=1S/C20H18N2O/c23-20(18-13-12-14-6-4-5-9-17(14)21-18)22-19(16-10-11-16)15-7-2-1-3-8-15/h1-9,12-13,16,19H,10-11H2,(H,22,23)/t19-/m1/s1. The molecule has 1 N–H and O–H groups in total. The number of fused-ring (bicyclic) bond motifs is 1. The van der Waals surface area contributed by atoms with Crippen LogP contribution >= 0.6 is 0 Å². The lowest BCUT2D eigenvalue weighted by Crippen LogP contribution is -2.30. The Labute approximate surface area is 135 Å². The molecule has 3 heteroatoms. The lowest BCUT2D eigenvalue weighted by atomic mass is 10.0. The van der Waals surface area contributed by atoms with Gasteiger partial charge in [0.1, 0.15) is 5.69 Å². The summed E-state index contributed by atoms with van der Waals surface area (Å²) in [6, 6.07) is 21.9. The molecule has 2 aromatic carbocycles. The van der Waals surface area contributed by atoms with Crippen molar-refractivity contribution < 1.29 is 4.79 Å². The van der Waals surface area contributed by atoms with Crippen molar-refractivity contribution in [1.29, 1.82) is 0 Å². The van der Waals surface area contributed by atoms with Crippen LogP contribution in [-0.2, 0) is 0 Å². The van der Waals surface area contributed by atoms with Crippen LogP contribution in [-0.4, -0.2) is 10.9 Å². The van der Waals surface area contributed by atoms with Crippen molar-refractivity contribution in [3.05, 3.63) is 78.0 Å². The summed E-state index contributed by atoms with van der Waals surface area (Å²) in [5, 5.41) is 4.22. The summed E-state index contributed by atoms with van der Waals surface area (Å²) in [5.41, 5.74) is 2.50. The fraction of sp³-hybridized carbons (Fsp3) is 0.200. The van der Waals surface area contributed by atoms with E-state index in [9.17, 15) is 4.79 Å². The predicted octanol–water partition coefficient (Wildman–Crippen LogP) is 4.12. The van der Waals surface area contributed by atoms with Gasteiger partial charge in [-0.05, 0) is 36.5 Å². The maximum absolute atomic E-state index is 12.6. The number of para-hydroxylation sites is 1. The van der Waals surface area contributed by atoms with E-state index in [-0.39, 0.29) is 11.9 Å². The average molecular weight is 302 g/mol. The number of carbonyl (C=O) groups excluding carboxylic acids is 1. The Balaban J connectivity index is 1.59. The zero-order valence-electron chi connectivity index (χ0n) is 12.8. The summed E-state index contributed by atoms with van der Waals surface area (Å²) in [6.07, 6.45) is 2.34. The summed E-state index contributed by atoms with van der Waals surface area (Å²) in [7, 11) is 0. The molecule has 1 aromatic heterocycles. The summed E-state index contributed by atoms with van der Waals surface area (Å²) in [5.74, 6) is 0.443. The molecular formula is C20H18N2O. The number of amides is 1. The number of pyridine rings is 1. The second-order valence-electron chi connectivity index (χ2n) is 6.09. The molecule has 3 nitrogen and oxygen atoms in total. The van der Waals surface area contributed by atoms with Crippen molar-refractivity contribution in [3.8, 4) is 0 Å². The van der Waals surface area contributed by atoms with E-state index in [0.29, 0.717) is 11.6 Å². The highest BCUT2D eigenvalue weighted by molar-refractivity contribution is 5.95. The molecule has 114 valence electrons. The maximum Gasteiger partial charge on any atom is 0.270 e. The van der Waals surface area contributed by atoms with Crippen LogP contribution < -0.4 is 5.32 Å². The summed E-state index contributed by atoms with van der Waals surface area (Å²) < 4.78 is 0. The number of nitrogens with one attached hydrogen (secondary N) is 1. The maximum atomic E-state index is 12.6. The lowest BCUT2D eigenvalue weighted by Gasteiger charge is -2.18. The molecular weight excluding hydrogens is 284 g/mol. The van der Waals surface area contributed by atoms with Gasteiger partial charge >= 0.3 is 0 Å². The highest BCUT2D eigenvalue weighted by Gasteiger charge is 2.33. The van der Waals surface area contributed by atoms with Gasteiger partial charge in [0.15, 0.2) is 0 Å². The van der Waals surface area contributed by atoms with E-state index in [2.05, 4.69) is 22.4 Å². The molecule has 0 bridgehead atoms. The number of carbonyl (C=O) groups is 1. The highest BCUT2D eigenvalue weighted by atomic mass is 16.1. The zero-order valence-corrected chi connectivity index (χ0v) is 12.8. The molecule has 0 aliphatic heterocycles. The molecule has 0 unspecified atom stereocenters. The van der Waals surface area contributed by atoms with Crippen molar-refractivity contribution in [2.75, 3.05) is 0 Å². The number of rotatable bonds is 4. The van der Waals surface area contributed by atoms with Crippen LogP contribution in [0.4, 0.5) is 0 Å². The lowest BCUT2D eigenvalue weighted by molar-refractivity contribution is 0.0927. The second-order valence-corrected chi connectivity index (χ2v) is 6.09. The van der Waals surface area contributed by atoms with Crippen molar-refractivity contribution in [2.24, 2.45) is 5.92 Å². The van der Waals surface area contributed by atoms with Gasteiger partial charge in [0.2, 0.25) is 0 Å². The van der Waals surface area contributed by atoms with Crippen molar-refractivity contribution in [3.63, 3.8) is 0 Å². The van der Waals surface area contributed by atoms with E-state index in [1.165, 1.54) is 18.4 Å². The molecule has 1 atom stereocenters. The molecule has 1 amide bonds. The molecule has 0 saturated heterocycles. The first-order valence-electron chi connectivity index (χ1n) is 8.03. The Morgan fingerprint density at radius 3 is 2.48 bits per heavy atom. The van der Waals surface area contributed by atoms with Crippen LogP contribution in [0.5, 0.6) is 0 Å². The summed E-state index contributed by atoms with van der Waals surface area (Å²) in [6.45, 7) is 0. The summed E-state index contributed by atoms with van der Waals surface area (Å²) in [4.78, 5) is 17.1. The van der Waals surface area contributed by atoms with E-state index in [1.807, 2.05) is 48.5 Å². The van der Waals surface area contributed by atoms with Crippen molar-refractivity contribution in [2.45, 2.75) is 18.9 Å². The molecule has 4 rings (SSSR count). The van der Waals surface area contributed by atoms with Crippen molar-refractivity contribution >= 4 is 16.8 Å². The average Bonchev–Trinajstić information content (AvgIpc) is 3.44. The highest BCUT2D eigenvalue weighted by Crippen LogP contribution is 2.41. The third kappa shape index (κ3) is 2.95. The third-order valence-electron chi connectivity index (χ3n) is 4.37. The molecule has 3 aromatic rings. The van der Waals surface area contributed by atoms with Crippen LogP contribution in [0.15, 0.2) is 66.7 Å². The van der Waals surface area contributed by atoms with Crippen LogP contribution in [0.3, 0.4) is 0 Å². The van der Waals surface area contributed by atoms with Gasteiger partial charge in [0.25, 0.3) is 5.91 Å². The Kier molecular flexibility index (Phi) is 3.54. The van der Waals surface area contributed by atoms with Gasteiger partial charge in [0.05, 0.1) is 11.6 Å². The Hall–Kier alpha value is -2.68. The zero-order chi connectivity index (χ0) is 15.6. The van der Waals surface area contributed by atoms with E-state index in [4.69, 9.17) is 0 Å². The number of hydrogen-bond donors (Lipinski definition) is 1. The first-order chi connectivity index (χ1) is 11.3. The van der Waals surface area contributed by atoms with Gasteiger partial charge in [-0.1, -0.05) is 54.6 Å². The molecule has 0 spiro atoms. The van der Waals surface area contributed by atoms with Gasteiger partial charge < -0.3 is 5.32 Å². The van der Waals surface area contributed by atoms with E-state index in [0.717, 1.165) is 10.9 Å². The van der Waals surface area contributed by atoms with Crippen LogP contribution in [0.25, 0.3) is 10.9 Å². The van der Waals surface area contributed by atoms with E-state index in [1.54, 1.807) is 6.07 Å². The molecule has 1 saturated carbocycles. The normalized spacial score (nSPS) is 15.3. The Bertz CT molecular complexity index is 840. The second kappa shape index (κ2) is 5.84. The van der Waals surface area contributed by atoms with E-state index < -0.39 is 0 Å². The van der Waals surface area contributed by atoms with Crippen molar-refractivity contribution in [1.82, 2.24) is 10.3 Å². The fourth-order valence-electron chi connectivity index (χ4n) is 2.97. The smallest absolute Gasteiger partial charge is 0.270 e. The Morgan fingerprint density at radius 2 is 1.70 bits per heavy atom. The molecule has 1 fully saturated rings. The number of benzene rings is 2. The van der Waals surface area contributed by atoms with Crippen LogP contribution in [0.1, 0.15) is 34.9 Å². The SMILES string of the molecule is O=C(N[C@H](c1ccccc1)C1CC1)c1ccc2ccccc2n1. The minimum absolute atomic E-state index is 0.0805. The molecule has 0 radical (unpaired) electrons. The molecule has 1 aliphatic carbocycles. The van der Waals surface area contributed by atoms with Gasteiger partial charge in [-0.2, -0.15) is 0 Å². The number of hydrogen-bond acceptors (Lipinski definition) is 2. The van der Waals surface area contributed by atoms with Gasteiger partial charge in [-0.25, -0.2) is 4.98 Å². The number of nitrogens with zero attached hydrogens (tertiary/aromatic N) is 1. The number of aromatic nitrogens is 1. The summed E-state index contributed by atoms with van der Waals surface area (Å²) >= 11 is 0. The first kappa shape index (κ1) is 13.9. The van der Waals surface area contributed by atoms with Crippen LogP contribution in [0.2, 0.25) is 0 Å². The van der Waals surface area contributed by atoms with E-state index >= 15 is 0 Å². The first-order valence-corrected chi connectivity index (χ1v) is 8.03. The molecule has 1 aliphatic rings. The van der Waals surface area contributed by atoms with Gasteiger partial charge in [0, 0.05) is 5.39 Å². The Morgan fingerprint density at radius 1 is 0.957 bits per heavy atom. The van der Waals surface area contributed by atoms with Gasteiger partial charge in [-0.15, -0.1) is 0 Å². The fourth-order valence-corrected chi connectivity index (χ4v) is 2.97. The monoisotopic (exact) mass is 302 g/mol. The minimum Gasteiger partial charge on any atom is -0.344 e. The third-order valence-corrected chi connectivity index (χ3v) is 4.37. The quantitative estimate of drug-likeness (QED) is 0.788. The largest absolute Gasteiger partial charge is 0.344 e. The van der Waals surface area contributed by atoms with Crippen LogP contribution in [0, 0.1) is 5.92 Å². The molecule has 23 heavy (non-hydrogen) atoms. The predicted molar refractivity (Wildman–Crippen MR) is 91.1 cm³/mol. The minimum atomic E-state index is -0.100. The van der Waals surface area contributed by atoms with Gasteiger partial charge in [-0.3, -0.25) is 4.79 Å².